The van der Waals surface area contributed by atoms with Crippen molar-refractivity contribution in [2.45, 2.75) is 13.5 Å². The molecule has 2 N–H and O–H groups in total. The predicted octanol–water partition coefficient (Wildman–Crippen LogP) is 0.221. The molecule has 2 aliphatic rings. The zero-order valence-corrected chi connectivity index (χ0v) is 17.4. The number of aliphatic imine (C=N–C) groups is 1. The highest BCUT2D eigenvalue weighted by Gasteiger charge is 2.15. The molecule has 0 saturated carbocycles. The molecule has 28 heavy (non-hydrogen) atoms. The molecule has 2 fully saturated rings. The molecule has 0 bridgehead atoms. The number of pyridine rings is 1. The Bertz CT molecular complexity index is 610. The number of hydrogen-bond donors (Lipinski definition) is 2. The Labute approximate surface area is 169 Å². The molecule has 2 saturated heterocycles. The molecule has 0 aromatic carbocycles. The van der Waals surface area contributed by atoms with E-state index in [0.717, 1.165) is 83.9 Å². The minimum atomic E-state index is 0.649. The quantitative estimate of drug-likeness (QED) is 0.511. The van der Waals surface area contributed by atoms with E-state index in [9.17, 15) is 0 Å². The molecule has 3 rings (SSSR count). The van der Waals surface area contributed by atoms with Crippen LogP contribution in [0.4, 0.5) is 5.82 Å². The van der Waals surface area contributed by atoms with Crippen molar-refractivity contribution in [3.05, 3.63) is 23.9 Å². The molecule has 8 nitrogen and oxygen atoms in total. The van der Waals surface area contributed by atoms with Gasteiger partial charge in [-0.15, -0.1) is 0 Å². The Kier molecular flexibility index (Phi) is 8.32. The van der Waals surface area contributed by atoms with E-state index in [2.05, 4.69) is 56.4 Å². The van der Waals surface area contributed by atoms with Crippen molar-refractivity contribution >= 4 is 11.8 Å². The van der Waals surface area contributed by atoms with E-state index in [1.807, 2.05) is 6.20 Å². The molecule has 3 heterocycles. The third-order valence-corrected chi connectivity index (χ3v) is 5.23. The Hall–Kier alpha value is -1.90. The van der Waals surface area contributed by atoms with Crippen LogP contribution in [0.1, 0.15) is 12.5 Å². The van der Waals surface area contributed by atoms with E-state index < -0.39 is 0 Å². The van der Waals surface area contributed by atoms with Gasteiger partial charge in [-0.3, -0.25) is 4.90 Å². The lowest BCUT2D eigenvalue weighted by Crippen LogP contribution is -2.44. The summed E-state index contributed by atoms with van der Waals surface area (Å²) in [6.45, 7) is 13.4. The Morgan fingerprint density at radius 3 is 2.68 bits per heavy atom. The minimum absolute atomic E-state index is 0.649. The average Bonchev–Trinajstić information content (AvgIpc) is 2.73. The molecule has 0 aliphatic carbocycles. The number of likely N-dealkylation sites (N-methyl/N-ethyl adjacent to an activating group) is 1. The van der Waals surface area contributed by atoms with Crippen molar-refractivity contribution in [1.29, 1.82) is 0 Å². The molecular formula is C20H35N7O. The maximum atomic E-state index is 5.40. The molecule has 1 aromatic heterocycles. The Balaban J connectivity index is 1.51. The molecule has 156 valence electrons. The molecule has 0 spiro atoms. The van der Waals surface area contributed by atoms with Gasteiger partial charge in [0, 0.05) is 65.1 Å². The van der Waals surface area contributed by atoms with Crippen LogP contribution in [0.25, 0.3) is 0 Å². The summed E-state index contributed by atoms with van der Waals surface area (Å²) in [5, 5.41) is 6.78. The predicted molar refractivity (Wildman–Crippen MR) is 114 cm³/mol. The summed E-state index contributed by atoms with van der Waals surface area (Å²) < 4.78 is 5.40. The SMILES string of the molecule is CCNC(=NCc1ccnc(N2CCN(C)CC2)c1)NCCN1CCOCC1. The second-order valence-electron chi connectivity index (χ2n) is 7.39. The third-order valence-electron chi connectivity index (χ3n) is 5.23. The molecule has 2 aliphatic heterocycles. The lowest BCUT2D eigenvalue weighted by atomic mass is 10.2. The van der Waals surface area contributed by atoms with E-state index in [-0.39, 0.29) is 0 Å². The summed E-state index contributed by atoms with van der Waals surface area (Å²) in [5.41, 5.74) is 1.19. The number of anilines is 1. The van der Waals surface area contributed by atoms with Crippen LogP contribution >= 0.6 is 0 Å². The summed E-state index contributed by atoms with van der Waals surface area (Å²) in [4.78, 5) is 16.5. The van der Waals surface area contributed by atoms with Gasteiger partial charge in [0.15, 0.2) is 5.96 Å². The number of rotatable bonds is 7. The van der Waals surface area contributed by atoms with E-state index in [1.54, 1.807) is 0 Å². The molecule has 0 amide bonds. The number of hydrogen-bond acceptors (Lipinski definition) is 6. The molecule has 1 aromatic rings. The van der Waals surface area contributed by atoms with E-state index in [1.165, 1.54) is 5.56 Å². The standard InChI is InChI=1S/C20H35N7O/c1-3-21-20(23-6-7-26-12-14-28-15-13-26)24-17-18-4-5-22-19(16-18)27-10-8-25(2)9-11-27/h4-5,16H,3,6-15,17H2,1-2H3,(H2,21,23,24). The first-order chi connectivity index (χ1) is 13.7. The monoisotopic (exact) mass is 389 g/mol. The van der Waals surface area contributed by atoms with Crippen molar-refractivity contribution in [3.8, 4) is 0 Å². The van der Waals surface area contributed by atoms with Gasteiger partial charge in [0.05, 0.1) is 19.8 Å². The fraction of sp³-hybridized carbons (Fsp3) is 0.700. The number of ether oxygens (including phenoxy) is 1. The fourth-order valence-corrected chi connectivity index (χ4v) is 3.44. The van der Waals surface area contributed by atoms with Crippen LogP contribution in [0.3, 0.4) is 0 Å². The van der Waals surface area contributed by atoms with Gasteiger partial charge in [0.2, 0.25) is 0 Å². The number of morpholine rings is 1. The van der Waals surface area contributed by atoms with Crippen LogP contribution < -0.4 is 15.5 Å². The normalized spacial score (nSPS) is 19.6. The minimum Gasteiger partial charge on any atom is -0.379 e. The van der Waals surface area contributed by atoms with Crippen LogP contribution in [0.2, 0.25) is 0 Å². The average molecular weight is 390 g/mol. The first kappa shape index (κ1) is 20.8. The number of aromatic nitrogens is 1. The lowest BCUT2D eigenvalue weighted by Gasteiger charge is -2.33. The summed E-state index contributed by atoms with van der Waals surface area (Å²) in [5.74, 6) is 1.93. The molecule has 0 atom stereocenters. The summed E-state index contributed by atoms with van der Waals surface area (Å²) in [6, 6.07) is 4.23. The van der Waals surface area contributed by atoms with Gasteiger partial charge in [-0.05, 0) is 31.7 Å². The van der Waals surface area contributed by atoms with Crippen LogP contribution in [-0.4, -0.2) is 99.9 Å². The van der Waals surface area contributed by atoms with Gasteiger partial charge in [-0.25, -0.2) is 9.98 Å². The van der Waals surface area contributed by atoms with Crippen molar-refractivity contribution in [3.63, 3.8) is 0 Å². The maximum Gasteiger partial charge on any atom is 0.191 e. The lowest BCUT2D eigenvalue weighted by molar-refractivity contribution is 0.0389. The van der Waals surface area contributed by atoms with Crippen LogP contribution in [0.15, 0.2) is 23.3 Å². The fourth-order valence-electron chi connectivity index (χ4n) is 3.44. The molecule has 0 unspecified atom stereocenters. The second-order valence-corrected chi connectivity index (χ2v) is 7.39. The van der Waals surface area contributed by atoms with Crippen molar-refractivity contribution in [2.24, 2.45) is 4.99 Å². The van der Waals surface area contributed by atoms with Gasteiger partial charge in [-0.1, -0.05) is 0 Å². The number of nitrogens with zero attached hydrogens (tertiary/aromatic N) is 5. The maximum absolute atomic E-state index is 5.40. The smallest absolute Gasteiger partial charge is 0.191 e. The highest BCUT2D eigenvalue weighted by Crippen LogP contribution is 2.15. The summed E-state index contributed by atoms with van der Waals surface area (Å²) in [6.07, 6.45) is 1.90. The first-order valence-electron chi connectivity index (χ1n) is 10.5. The number of nitrogens with one attached hydrogen (secondary N) is 2. The molecule has 8 heteroatoms. The van der Waals surface area contributed by atoms with Crippen molar-refractivity contribution in [1.82, 2.24) is 25.4 Å². The summed E-state index contributed by atoms with van der Waals surface area (Å²) in [7, 11) is 2.17. The highest BCUT2D eigenvalue weighted by molar-refractivity contribution is 5.79. The van der Waals surface area contributed by atoms with E-state index >= 15 is 0 Å². The number of guanidine groups is 1. The largest absolute Gasteiger partial charge is 0.379 e. The first-order valence-corrected chi connectivity index (χ1v) is 10.5. The van der Waals surface area contributed by atoms with Crippen molar-refractivity contribution < 1.29 is 4.74 Å². The van der Waals surface area contributed by atoms with Crippen LogP contribution in [0, 0.1) is 0 Å². The van der Waals surface area contributed by atoms with Gasteiger partial charge in [0.25, 0.3) is 0 Å². The van der Waals surface area contributed by atoms with Gasteiger partial charge >= 0.3 is 0 Å². The summed E-state index contributed by atoms with van der Waals surface area (Å²) >= 11 is 0. The highest BCUT2D eigenvalue weighted by atomic mass is 16.5. The Morgan fingerprint density at radius 2 is 1.93 bits per heavy atom. The van der Waals surface area contributed by atoms with E-state index in [0.29, 0.717) is 6.54 Å². The zero-order valence-electron chi connectivity index (χ0n) is 17.4. The zero-order chi connectivity index (χ0) is 19.6. The van der Waals surface area contributed by atoms with E-state index in [4.69, 9.17) is 9.73 Å². The van der Waals surface area contributed by atoms with Crippen LogP contribution in [0.5, 0.6) is 0 Å². The van der Waals surface area contributed by atoms with Crippen LogP contribution in [-0.2, 0) is 11.3 Å². The third kappa shape index (κ3) is 6.61. The molecule has 0 radical (unpaired) electrons. The number of piperazine rings is 1. The Morgan fingerprint density at radius 1 is 1.14 bits per heavy atom. The topological polar surface area (TPSA) is 68.3 Å². The van der Waals surface area contributed by atoms with Gasteiger partial charge in [0.1, 0.15) is 5.82 Å². The second kappa shape index (κ2) is 11.2. The van der Waals surface area contributed by atoms with Gasteiger partial charge in [-0.2, -0.15) is 0 Å². The van der Waals surface area contributed by atoms with Crippen molar-refractivity contribution in [2.75, 3.05) is 84.1 Å². The molecular weight excluding hydrogens is 354 g/mol. The van der Waals surface area contributed by atoms with Gasteiger partial charge < -0.3 is 25.2 Å².